The molecule has 1 N–H and O–H groups in total. The molecule has 1 amide bonds. The van der Waals surface area contributed by atoms with Crippen LogP contribution in [0.1, 0.15) is 23.5 Å². The number of H-pyrrole nitrogens is 1. The second kappa shape index (κ2) is 7.17. The number of anilines is 1. The first kappa shape index (κ1) is 16.7. The minimum absolute atomic E-state index is 0.111. The predicted molar refractivity (Wildman–Crippen MR) is 95.8 cm³/mol. The summed E-state index contributed by atoms with van der Waals surface area (Å²) in [6.45, 7) is 6.77. The maximum absolute atomic E-state index is 12.4. The maximum Gasteiger partial charge on any atom is 0.254 e. The van der Waals surface area contributed by atoms with Crippen LogP contribution in [0.2, 0.25) is 0 Å². The first-order chi connectivity index (χ1) is 11.5. The van der Waals surface area contributed by atoms with Crippen molar-refractivity contribution in [3.05, 3.63) is 44.9 Å². The van der Waals surface area contributed by atoms with E-state index >= 15 is 0 Å². The fraction of sp³-hybridized carbons (Fsp3) is 0.471. The lowest BCUT2D eigenvalue weighted by atomic mass is 10.1. The molecule has 24 heavy (non-hydrogen) atoms. The third kappa shape index (κ3) is 3.67. The average Bonchev–Trinajstić information content (AvgIpc) is 3.08. The zero-order valence-corrected chi connectivity index (χ0v) is 14.9. The van der Waals surface area contributed by atoms with Gasteiger partial charge in [0.05, 0.1) is 5.00 Å². The number of aryl methyl sites for hydroxylation is 2. The number of aromatic nitrogens is 2. The number of nitrogens with one attached hydrogen (secondary N) is 1. The summed E-state index contributed by atoms with van der Waals surface area (Å²) in [5, 5.41) is 3.33. The highest BCUT2D eigenvalue weighted by Crippen LogP contribution is 2.22. The summed E-state index contributed by atoms with van der Waals surface area (Å²) in [6, 6.07) is 4.16. The molecular formula is C17H22N4O2S. The van der Waals surface area contributed by atoms with Crippen LogP contribution in [0.4, 0.5) is 5.00 Å². The van der Waals surface area contributed by atoms with E-state index in [1.165, 1.54) is 5.00 Å². The summed E-state index contributed by atoms with van der Waals surface area (Å²) in [7, 11) is 0. The molecule has 0 aromatic carbocycles. The van der Waals surface area contributed by atoms with Crippen LogP contribution in [0.3, 0.4) is 0 Å². The maximum atomic E-state index is 12.4. The van der Waals surface area contributed by atoms with Gasteiger partial charge in [0, 0.05) is 43.9 Å². The fourth-order valence-electron chi connectivity index (χ4n) is 3.06. The standard InChI is InChI=1S/C17H22N4O2S/c1-12-14(17(23)19-13(2)18-12)5-6-15(22)20-7-9-21(10-8-20)16-4-3-11-24-16/h3-4,11H,5-10H2,1-2H3,(H,18,19,23). The van der Waals surface area contributed by atoms with Crippen LogP contribution in [0.5, 0.6) is 0 Å². The highest BCUT2D eigenvalue weighted by molar-refractivity contribution is 7.14. The molecule has 0 bridgehead atoms. The molecule has 0 atom stereocenters. The van der Waals surface area contributed by atoms with Crippen molar-refractivity contribution in [1.82, 2.24) is 14.9 Å². The lowest BCUT2D eigenvalue weighted by Gasteiger charge is -2.35. The van der Waals surface area contributed by atoms with E-state index in [1.807, 2.05) is 17.9 Å². The number of hydrogen-bond acceptors (Lipinski definition) is 5. The number of carbonyl (C=O) groups excluding carboxylic acids is 1. The van der Waals surface area contributed by atoms with Gasteiger partial charge in [-0.1, -0.05) is 0 Å². The summed E-state index contributed by atoms with van der Waals surface area (Å²) in [4.78, 5) is 35.6. The summed E-state index contributed by atoms with van der Waals surface area (Å²) >= 11 is 1.73. The summed E-state index contributed by atoms with van der Waals surface area (Å²) in [6.07, 6.45) is 0.798. The highest BCUT2D eigenvalue weighted by atomic mass is 32.1. The van der Waals surface area contributed by atoms with Crippen LogP contribution in [-0.4, -0.2) is 47.0 Å². The zero-order chi connectivity index (χ0) is 17.1. The Morgan fingerprint density at radius 3 is 2.67 bits per heavy atom. The summed E-state index contributed by atoms with van der Waals surface area (Å²) < 4.78 is 0. The van der Waals surface area contributed by atoms with E-state index < -0.39 is 0 Å². The molecule has 1 fully saturated rings. The number of thiophene rings is 1. The summed E-state index contributed by atoms with van der Waals surface area (Å²) in [5.74, 6) is 0.720. The lowest BCUT2D eigenvalue weighted by molar-refractivity contribution is -0.131. The number of hydrogen-bond donors (Lipinski definition) is 1. The topological polar surface area (TPSA) is 69.3 Å². The number of carbonyl (C=O) groups is 1. The summed E-state index contributed by atoms with van der Waals surface area (Å²) in [5.41, 5.74) is 1.20. The largest absolute Gasteiger partial charge is 0.360 e. The Kier molecular flexibility index (Phi) is 4.99. The Hall–Kier alpha value is -2.15. The van der Waals surface area contributed by atoms with E-state index in [0.717, 1.165) is 26.2 Å². The van der Waals surface area contributed by atoms with Gasteiger partial charge in [0.2, 0.25) is 5.91 Å². The van der Waals surface area contributed by atoms with Crippen molar-refractivity contribution in [3.8, 4) is 0 Å². The van der Waals surface area contributed by atoms with Crippen molar-refractivity contribution in [1.29, 1.82) is 0 Å². The van der Waals surface area contributed by atoms with Crippen molar-refractivity contribution in [2.24, 2.45) is 0 Å². The minimum Gasteiger partial charge on any atom is -0.360 e. The Labute approximate surface area is 145 Å². The first-order valence-electron chi connectivity index (χ1n) is 8.17. The first-order valence-corrected chi connectivity index (χ1v) is 9.05. The van der Waals surface area contributed by atoms with Crippen LogP contribution >= 0.6 is 11.3 Å². The van der Waals surface area contributed by atoms with E-state index in [0.29, 0.717) is 29.9 Å². The molecule has 7 heteroatoms. The quantitative estimate of drug-likeness (QED) is 0.915. The van der Waals surface area contributed by atoms with E-state index in [4.69, 9.17) is 0 Å². The second-order valence-electron chi connectivity index (χ2n) is 6.03. The van der Waals surface area contributed by atoms with E-state index in [1.54, 1.807) is 18.3 Å². The molecular weight excluding hydrogens is 324 g/mol. The van der Waals surface area contributed by atoms with Crippen LogP contribution in [0.15, 0.2) is 22.3 Å². The van der Waals surface area contributed by atoms with Gasteiger partial charge in [-0.2, -0.15) is 0 Å². The zero-order valence-electron chi connectivity index (χ0n) is 14.0. The van der Waals surface area contributed by atoms with E-state index in [-0.39, 0.29) is 11.5 Å². The second-order valence-corrected chi connectivity index (χ2v) is 6.96. The molecule has 3 heterocycles. The van der Waals surface area contributed by atoms with Gasteiger partial charge >= 0.3 is 0 Å². The molecule has 1 aliphatic rings. The SMILES string of the molecule is Cc1nc(C)c(CCC(=O)N2CCN(c3cccs3)CC2)c(=O)[nH]1. The van der Waals surface area contributed by atoms with E-state index in [9.17, 15) is 9.59 Å². The molecule has 2 aromatic heterocycles. The number of nitrogens with zero attached hydrogens (tertiary/aromatic N) is 3. The number of piperazine rings is 1. The molecule has 1 aliphatic heterocycles. The van der Waals surface area contributed by atoms with Crippen LogP contribution < -0.4 is 10.5 Å². The van der Waals surface area contributed by atoms with Gasteiger partial charge in [0.15, 0.2) is 0 Å². The van der Waals surface area contributed by atoms with Crippen molar-refractivity contribution >= 4 is 22.2 Å². The molecule has 0 saturated carbocycles. The third-order valence-electron chi connectivity index (χ3n) is 4.38. The molecule has 2 aromatic rings. The third-order valence-corrected chi connectivity index (χ3v) is 5.31. The van der Waals surface area contributed by atoms with Gasteiger partial charge in [0.25, 0.3) is 5.56 Å². The van der Waals surface area contributed by atoms with Gasteiger partial charge in [-0.15, -0.1) is 11.3 Å². The normalized spacial score (nSPS) is 14.9. The number of rotatable bonds is 4. The van der Waals surface area contributed by atoms with Gasteiger partial charge in [-0.05, 0) is 37.8 Å². The Bertz CT molecular complexity index is 761. The highest BCUT2D eigenvalue weighted by Gasteiger charge is 2.22. The van der Waals surface area contributed by atoms with E-state index in [2.05, 4.69) is 26.3 Å². The Morgan fingerprint density at radius 2 is 2.04 bits per heavy atom. The van der Waals surface area contributed by atoms with Crippen molar-refractivity contribution in [2.45, 2.75) is 26.7 Å². The number of amides is 1. The minimum atomic E-state index is -0.129. The van der Waals surface area contributed by atoms with Crippen molar-refractivity contribution < 1.29 is 4.79 Å². The molecule has 0 unspecified atom stereocenters. The molecule has 0 spiro atoms. The number of aromatic amines is 1. The molecule has 0 aliphatic carbocycles. The smallest absolute Gasteiger partial charge is 0.254 e. The molecule has 3 rings (SSSR count). The van der Waals surface area contributed by atoms with Crippen LogP contribution in [0.25, 0.3) is 0 Å². The van der Waals surface area contributed by atoms with Gasteiger partial charge in [0.1, 0.15) is 5.82 Å². The van der Waals surface area contributed by atoms with Gasteiger partial charge in [-0.25, -0.2) is 4.98 Å². The molecule has 6 nitrogen and oxygen atoms in total. The monoisotopic (exact) mass is 346 g/mol. The molecule has 0 radical (unpaired) electrons. The average molecular weight is 346 g/mol. The molecule has 128 valence electrons. The van der Waals surface area contributed by atoms with Crippen LogP contribution in [-0.2, 0) is 11.2 Å². The predicted octanol–water partition coefficient (Wildman–Crippen LogP) is 1.73. The Balaban J connectivity index is 1.54. The fourth-order valence-corrected chi connectivity index (χ4v) is 3.85. The Morgan fingerprint density at radius 1 is 1.29 bits per heavy atom. The van der Waals surface area contributed by atoms with Crippen molar-refractivity contribution in [2.75, 3.05) is 31.1 Å². The van der Waals surface area contributed by atoms with Gasteiger partial charge < -0.3 is 14.8 Å². The van der Waals surface area contributed by atoms with Gasteiger partial charge in [-0.3, -0.25) is 9.59 Å². The molecule has 1 saturated heterocycles. The van der Waals surface area contributed by atoms with Crippen molar-refractivity contribution in [3.63, 3.8) is 0 Å². The van der Waals surface area contributed by atoms with Crippen LogP contribution in [0, 0.1) is 13.8 Å². The lowest BCUT2D eigenvalue weighted by Crippen LogP contribution is -2.48.